The van der Waals surface area contributed by atoms with E-state index in [0.717, 1.165) is 22.2 Å². The summed E-state index contributed by atoms with van der Waals surface area (Å²) >= 11 is 0. The van der Waals surface area contributed by atoms with Crippen molar-refractivity contribution in [3.63, 3.8) is 0 Å². The van der Waals surface area contributed by atoms with Crippen molar-refractivity contribution in [2.45, 2.75) is 40.0 Å². The molecule has 0 fully saturated rings. The van der Waals surface area contributed by atoms with Crippen LogP contribution in [0.4, 0.5) is 5.69 Å². The van der Waals surface area contributed by atoms with E-state index in [1.807, 2.05) is 54.6 Å². The van der Waals surface area contributed by atoms with E-state index in [1.54, 1.807) is 17.7 Å². The molecule has 28 heavy (non-hydrogen) atoms. The molecule has 0 bridgehead atoms. The normalized spacial score (nSPS) is 12.2. The summed E-state index contributed by atoms with van der Waals surface area (Å²) in [5, 5.41) is 3.88. The molecule has 1 N–H and O–H groups in total. The molecule has 1 aromatic heterocycles. The van der Waals surface area contributed by atoms with Gasteiger partial charge in [0.2, 0.25) is 5.91 Å². The number of anilines is 1. The molecule has 0 radical (unpaired) electrons. The van der Waals surface area contributed by atoms with E-state index in [2.05, 4.69) is 26.1 Å². The second kappa shape index (κ2) is 7.47. The van der Waals surface area contributed by atoms with Crippen molar-refractivity contribution in [3.05, 3.63) is 71.4 Å². The van der Waals surface area contributed by atoms with E-state index < -0.39 is 0 Å². The number of carbonyl (C=O) groups excluding carboxylic acids is 2. The highest BCUT2D eigenvalue weighted by atomic mass is 16.2. The lowest BCUT2D eigenvalue weighted by molar-refractivity contribution is -0.112. The summed E-state index contributed by atoms with van der Waals surface area (Å²) in [5.74, 6) is -0.222. The van der Waals surface area contributed by atoms with Crippen LogP contribution in [0.1, 0.15) is 50.5 Å². The van der Waals surface area contributed by atoms with Gasteiger partial charge in [0, 0.05) is 35.3 Å². The Labute approximate surface area is 165 Å². The van der Waals surface area contributed by atoms with Gasteiger partial charge in [-0.05, 0) is 42.2 Å². The quantitative estimate of drug-likeness (QED) is 0.603. The molecule has 0 aliphatic heterocycles. The van der Waals surface area contributed by atoms with Crippen LogP contribution in [-0.4, -0.2) is 16.4 Å². The van der Waals surface area contributed by atoms with Gasteiger partial charge in [0.05, 0.1) is 5.52 Å². The van der Waals surface area contributed by atoms with Gasteiger partial charge in [-0.1, -0.05) is 51.1 Å². The number of carbonyl (C=O) groups is 2. The van der Waals surface area contributed by atoms with Crippen LogP contribution in [0.15, 0.2) is 60.3 Å². The second-order valence-corrected chi connectivity index (χ2v) is 8.10. The number of nitrogens with zero attached hydrogens (tertiary/aromatic N) is 1. The summed E-state index contributed by atoms with van der Waals surface area (Å²) in [7, 11) is 0. The molecule has 0 spiro atoms. The standard InChI is InChI=1S/C24H26N2O2/c1-16(23(28)25-20-12-10-19(11-13-20)24(3,4)5)14-18-15-26(17(2)27)22-9-7-6-8-21(18)22/h6-15H,1-5H3,(H,25,28)/b16-14+. The first kappa shape index (κ1) is 19.6. The lowest BCUT2D eigenvalue weighted by Crippen LogP contribution is -2.14. The van der Waals surface area contributed by atoms with Gasteiger partial charge in [-0.15, -0.1) is 0 Å². The smallest absolute Gasteiger partial charge is 0.251 e. The van der Waals surface area contributed by atoms with Gasteiger partial charge in [0.1, 0.15) is 0 Å². The van der Waals surface area contributed by atoms with E-state index in [9.17, 15) is 9.59 Å². The molecule has 4 heteroatoms. The second-order valence-electron chi connectivity index (χ2n) is 8.10. The molecule has 0 saturated carbocycles. The van der Waals surface area contributed by atoms with Crippen LogP contribution < -0.4 is 5.32 Å². The molecular formula is C24H26N2O2. The molecule has 0 aliphatic carbocycles. The highest BCUT2D eigenvalue weighted by Gasteiger charge is 2.14. The van der Waals surface area contributed by atoms with Crippen molar-refractivity contribution in [2.75, 3.05) is 5.32 Å². The minimum absolute atomic E-state index is 0.0584. The maximum Gasteiger partial charge on any atom is 0.251 e. The molecule has 0 saturated heterocycles. The van der Waals surface area contributed by atoms with Crippen molar-refractivity contribution in [1.29, 1.82) is 0 Å². The number of amides is 1. The number of benzene rings is 2. The van der Waals surface area contributed by atoms with E-state index >= 15 is 0 Å². The molecule has 4 nitrogen and oxygen atoms in total. The van der Waals surface area contributed by atoms with Crippen molar-refractivity contribution >= 4 is 34.5 Å². The van der Waals surface area contributed by atoms with Crippen LogP contribution in [0.25, 0.3) is 17.0 Å². The Morgan fingerprint density at radius 3 is 2.21 bits per heavy atom. The van der Waals surface area contributed by atoms with Crippen molar-refractivity contribution in [2.24, 2.45) is 0 Å². The number of hydrogen-bond donors (Lipinski definition) is 1. The van der Waals surface area contributed by atoms with Crippen LogP contribution >= 0.6 is 0 Å². The molecule has 1 amide bonds. The number of hydrogen-bond acceptors (Lipinski definition) is 2. The van der Waals surface area contributed by atoms with Gasteiger partial charge in [-0.2, -0.15) is 0 Å². The summed E-state index contributed by atoms with van der Waals surface area (Å²) in [6, 6.07) is 15.6. The van der Waals surface area contributed by atoms with Crippen LogP contribution in [0, 0.1) is 0 Å². The zero-order chi connectivity index (χ0) is 20.5. The summed E-state index contributed by atoms with van der Waals surface area (Å²) in [6.45, 7) is 9.78. The predicted octanol–water partition coefficient (Wildman–Crippen LogP) is 5.64. The predicted molar refractivity (Wildman–Crippen MR) is 116 cm³/mol. The van der Waals surface area contributed by atoms with Gasteiger partial charge < -0.3 is 5.32 Å². The van der Waals surface area contributed by atoms with Gasteiger partial charge >= 0.3 is 0 Å². The zero-order valence-corrected chi connectivity index (χ0v) is 17.0. The average Bonchev–Trinajstić information content (AvgIpc) is 3.00. The molecule has 3 rings (SSSR count). The molecule has 144 valence electrons. The third-order valence-electron chi connectivity index (χ3n) is 4.82. The Bertz CT molecular complexity index is 1060. The van der Waals surface area contributed by atoms with Gasteiger partial charge in [0.15, 0.2) is 0 Å². The van der Waals surface area contributed by atoms with Gasteiger partial charge in [0.25, 0.3) is 5.91 Å². The Morgan fingerprint density at radius 2 is 1.61 bits per heavy atom. The fraction of sp³-hybridized carbons (Fsp3) is 0.250. The molecular weight excluding hydrogens is 348 g/mol. The Kier molecular flexibility index (Phi) is 5.23. The van der Waals surface area contributed by atoms with Gasteiger partial charge in [-0.3, -0.25) is 14.2 Å². The topological polar surface area (TPSA) is 51.1 Å². The molecule has 0 atom stereocenters. The van der Waals surface area contributed by atoms with Crippen LogP contribution in [0.2, 0.25) is 0 Å². The fourth-order valence-corrected chi connectivity index (χ4v) is 3.16. The average molecular weight is 374 g/mol. The first-order valence-corrected chi connectivity index (χ1v) is 9.38. The SMILES string of the molecule is CC(=O)n1cc(/C=C(\C)C(=O)Nc2ccc(C(C)(C)C)cc2)c2ccccc21. The number of para-hydroxylation sites is 1. The molecule has 0 unspecified atom stereocenters. The summed E-state index contributed by atoms with van der Waals surface area (Å²) in [4.78, 5) is 24.5. The number of rotatable bonds is 3. The largest absolute Gasteiger partial charge is 0.322 e. The van der Waals surface area contributed by atoms with Crippen molar-refractivity contribution in [3.8, 4) is 0 Å². The third kappa shape index (κ3) is 4.06. The summed E-state index contributed by atoms with van der Waals surface area (Å²) in [6.07, 6.45) is 3.60. The summed E-state index contributed by atoms with van der Waals surface area (Å²) < 4.78 is 1.61. The monoisotopic (exact) mass is 374 g/mol. The van der Waals surface area contributed by atoms with E-state index in [4.69, 9.17) is 0 Å². The molecule has 2 aromatic carbocycles. The molecule has 1 heterocycles. The third-order valence-corrected chi connectivity index (χ3v) is 4.82. The minimum atomic E-state index is -0.164. The minimum Gasteiger partial charge on any atom is -0.322 e. The van der Waals surface area contributed by atoms with Crippen molar-refractivity contribution < 1.29 is 9.59 Å². The Balaban J connectivity index is 1.85. The number of aromatic nitrogens is 1. The molecule has 0 aliphatic rings. The van der Waals surface area contributed by atoms with Crippen LogP contribution in [0.5, 0.6) is 0 Å². The first-order valence-electron chi connectivity index (χ1n) is 9.38. The molecule has 3 aromatic rings. The Morgan fingerprint density at radius 1 is 0.964 bits per heavy atom. The highest BCUT2D eigenvalue weighted by molar-refractivity contribution is 6.08. The number of fused-ring (bicyclic) bond motifs is 1. The fourth-order valence-electron chi connectivity index (χ4n) is 3.16. The van der Waals surface area contributed by atoms with E-state index in [1.165, 1.54) is 12.5 Å². The summed E-state index contributed by atoms with van der Waals surface area (Å²) in [5.41, 5.74) is 4.32. The number of nitrogens with one attached hydrogen (secondary N) is 1. The van der Waals surface area contributed by atoms with Crippen LogP contribution in [-0.2, 0) is 10.2 Å². The highest BCUT2D eigenvalue weighted by Crippen LogP contribution is 2.25. The Hall–Kier alpha value is -3.14. The lowest BCUT2D eigenvalue weighted by atomic mass is 9.87. The van der Waals surface area contributed by atoms with E-state index in [0.29, 0.717) is 5.57 Å². The lowest BCUT2D eigenvalue weighted by Gasteiger charge is -2.19. The maximum atomic E-state index is 12.6. The van der Waals surface area contributed by atoms with E-state index in [-0.39, 0.29) is 17.2 Å². The van der Waals surface area contributed by atoms with Crippen LogP contribution in [0.3, 0.4) is 0 Å². The maximum absolute atomic E-state index is 12.6. The van der Waals surface area contributed by atoms with Crippen molar-refractivity contribution in [1.82, 2.24) is 4.57 Å². The first-order chi connectivity index (χ1) is 13.2. The van der Waals surface area contributed by atoms with Gasteiger partial charge in [-0.25, -0.2) is 0 Å². The zero-order valence-electron chi connectivity index (χ0n) is 17.0.